The van der Waals surface area contributed by atoms with Gasteiger partial charge in [-0.25, -0.2) is 0 Å². The van der Waals surface area contributed by atoms with Gasteiger partial charge in [-0.2, -0.15) is 0 Å². The largest absolute Gasteiger partial charge is 0.0885 e. The van der Waals surface area contributed by atoms with E-state index in [1.807, 2.05) is 0 Å². The van der Waals surface area contributed by atoms with Crippen molar-refractivity contribution in [3.8, 4) is 0 Å². The Hall–Kier alpha value is -0.260. The normalized spacial score (nSPS) is 25.3. The van der Waals surface area contributed by atoms with Gasteiger partial charge in [0.05, 0.1) is 0 Å². The van der Waals surface area contributed by atoms with E-state index in [2.05, 4.69) is 18.6 Å². The monoisotopic (exact) mass is 165 g/mol. The van der Waals surface area contributed by atoms with Crippen molar-refractivity contribution in [2.75, 3.05) is 0 Å². The molecule has 1 radical (unpaired) electrons. The molecule has 0 spiro atoms. The molecular formula is C12H21. The van der Waals surface area contributed by atoms with Crippen LogP contribution in [0.25, 0.3) is 0 Å². The van der Waals surface area contributed by atoms with E-state index in [0.29, 0.717) is 0 Å². The van der Waals surface area contributed by atoms with Gasteiger partial charge in [-0.1, -0.05) is 44.3 Å². The molecule has 0 nitrogen and oxygen atoms in total. The highest BCUT2D eigenvalue weighted by molar-refractivity contribution is 4.83. The second kappa shape index (κ2) is 7.39. The van der Waals surface area contributed by atoms with Crippen LogP contribution in [0.15, 0.2) is 12.2 Å². The van der Waals surface area contributed by atoms with Crippen LogP contribution in [0.5, 0.6) is 0 Å². The highest BCUT2D eigenvalue weighted by atomic mass is 14.0. The Bertz CT molecular complexity index is 99.2. The molecule has 0 aromatic rings. The minimum atomic E-state index is 1.26. The Morgan fingerprint density at radius 3 is 2.08 bits per heavy atom. The van der Waals surface area contributed by atoms with Gasteiger partial charge in [-0.15, -0.1) is 0 Å². The van der Waals surface area contributed by atoms with E-state index in [-0.39, 0.29) is 0 Å². The summed E-state index contributed by atoms with van der Waals surface area (Å²) < 4.78 is 0. The fourth-order valence-corrected chi connectivity index (χ4v) is 1.68. The fourth-order valence-electron chi connectivity index (χ4n) is 1.68. The van der Waals surface area contributed by atoms with E-state index in [4.69, 9.17) is 0 Å². The van der Waals surface area contributed by atoms with E-state index < -0.39 is 0 Å². The molecule has 0 heterocycles. The summed E-state index contributed by atoms with van der Waals surface area (Å²) in [6.07, 6.45) is 19.5. The van der Waals surface area contributed by atoms with Crippen LogP contribution in [0.4, 0.5) is 0 Å². The lowest BCUT2D eigenvalue weighted by Crippen LogP contribution is -1.83. The second-order valence-corrected chi connectivity index (χ2v) is 3.68. The number of hydrogen-bond acceptors (Lipinski definition) is 0. The van der Waals surface area contributed by atoms with Gasteiger partial charge in [-0.05, 0) is 32.1 Å². The summed E-state index contributed by atoms with van der Waals surface area (Å²) in [4.78, 5) is 0. The predicted molar refractivity (Wildman–Crippen MR) is 55.0 cm³/mol. The molecule has 69 valence electrons. The molecular weight excluding hydrogens is 144 g/mol. The maximum absolute atomic E-state index is 2.45. The van der Waals surface area contributed by atoms with Crippen LogP contribution in [0.3, 0.4) is 0 Å². The molecule has 0 aromatic carbocycles. The van der Waals surface area contributed by atoms with Crippen LogP contribution in [0.2, 0.25) is 0 Å². The quantitative estimate of drug-likeness (QED) is 0.470. The van der Waals surface area contributed by atoms with Crippen molar-refractivity contribution in [3.63, 3.8) is 0 Å². The minimum Gasteiger partial charge on any atom is -0.0885 e. The van der Waals surface area contributed by atoms with Gasteiger partial charge >= 0.3 is 0 Å². The lowest BCUT2D eigenvalue weighted by Gasteiger charge is -2.02. The van der Waals surface area contributed by atoms with Crippen molar-refractivity contribution >= 4 is 0 Å². The van der Waals surface area contributed by atoms with Crippen LogP contribution in [-0.2, 0) is 0 Å². The molecule has 1 rings (SSSR count). The summed E-state index contributed by atoms with van der Waals surface area (Å²) >= 11 is 0. The Kier molecular flexibility index (Phi) is 6.05. The van der Waals surface area contributed by atoms with E-state index in [0.717, 1.165) is 0 Å². The molecule has 0 saturated heterocycles. The Morgan fingerprint density at radius 1 is 0.500 bits per heavy atom. The highest BCUT2D eigenvalue weighted by Crippen LogP contribution is 2.12. The molecule has 0 bridgehead atoms. The first kappa shape index (κ1) is 9.83. The maximum Gasteiger partial charge on any atom is -0.0348 e. The number of hydrogen-bond donors (Lipinski definition) is 0. The third kappa shape index (κ3) is 5.40. The highest BCUT2D eigenvalue weighted by Gasteiger charge is 1.93. The molecule has 1 aliphatic carbocycles. The third-order valence-corrected chi connectivity index (χ3v) is 2.48. The molecule has 12 heavy (non-hydrogen) atoms. The second-order valence-electron chi connectivity index (χ2n) is 3.68. The molecule has 0 heteroatoms. The summed E-state index contributed by atoms with van der Waals surface area (Å²) in [7, 11) is 0. The van der Waals surface area contributed by atoms with Crippen LogP contribution in [0, 0.1) is 6.42 Å². The van der Waals surface area contributed by atoms with E-state index in [9.17, 15) is 0 Å². The maximum atomic E-state index is 2.45. The van der Waals surface area contributed by atoms with Crippen LogP contribution >= 0.6 is 0 Å². The zero-order valence-electron chi connectivity index (χ0n) is 8.10. The van der Waals surface area contributed by atoms with Gasteiger partial charge in [0.2, 0.25) is 0 Å². The van der Waals surface area contributed by atoms with E-state index in [1.54, 1.807) is 0 Å². The average Bonchev–Trinajstić information content (AvgIpc) is 2.05. The zero-order valence-corrected chi connectivity index (χ0v) is 8.10. The molecule has 0 amide bonds. The smallest absolute Gasteiger partial charge is 0.0348 e. The predicted octanol–water partition coefficient (Wildman–Crippen LogP) is 4.27. The van der Waals surface area contributed by atoms with Gasteiger partial charge in [-0.3, -0.25) is 0 Å². The van der Waals surface area contributed by atoms with Gasteiger partial charge < -0.3 is 0 Å². The lowest BCUT2D eigenvalue weighted by atomic mass is 10.0. The van der Waals surface area contributed by atoms with Gasteiger partial charge in [0, 0.05) is 0 Å². The summed E-state index contributed by atoms with van der Waals surface area (Å²) in [5.74, 6) is 0. The molecule has 0 aromatic heterocycles. The first-order valence-electron chi connectivity index (χ1n) is 5.47. The third-order valence-electron chi connectivity index (χ3n) is 2.48. The van der Waals surface area contributed by atoms with Crippen LogP contribution in [-0.4, -0.2) is 0 Å². The Labute approximate surface area is 77.1 Å². The summed E-state index contributed by atoms with van der Waals surface area (Å²) in [5.41, 5.74) is 0. The average molecular weight is 165 g/mol. The number of rotatable bonds is 0. The van der Waals surface area contributed by atoms with Crippen molar-refractivity contribution in [3.05, 3.63) is 18.6 Å². The fraction of sp³-hybridized carbons (Fsp3) is 0.750. The van der Waals surface area contributed by atoms with Crippen molar-refractivity contribution < 1.29 is 0 Å². The molecule has 0 aliphatic heterocycles. The Morgan fingerprint density at radius 2 is 1.17 bits per heavy atom. The minimum absolute atomic E-state index is 1.26. The van der Waals surface area contributed by atoms with Crippen molar-refractivity contribution in [2.45, 2.75) is 57.8 Å². The SMILES string of the molecule is [CH]1CC/C=C/CCCCCCC1. The van der Waals surface area contributed by atoms with Crippen molar-refractivity contribution in [2.24, 2.45) is 0 Å². The van der Waals surface area contributed by atoms with Gasteiger partial charge in [0.1, 0.15) is 0 Å². The first-order valence-corrected chi connectivity index (χ1v) is 5.47. The van der Waals surface area contributed by atoms with Crippen molar-refractivity contribution in [1.82, 2.24) is 0 Å². The van der Waals surface area contributed by atoms with Crippen LogP contribution < -0.4 is 0 Å². The van der Waals surface area contributed by atoms with Crippen molar-refractivity contribution in [1.29, 1.82) is 0 Å². The zero-order chi connectivity index (χ0) is 8.49. The standard InChI is InChI=1S/C12H21/c1-2-4-6-8-10-12-11-9-7-5-3-1/h1-2,7H,3-6,8-12H2/b2-1+. The molecule has 0 unspecified atom stereocenters. The molecule has 1 aliphatic rings. The Balaban J connectivity index is 2.10. The molecule has 0 saturated carbocycles. The summed E-state index contributed by atoms with van der Waals surface area (Å²) in [5, 5.41) is 0. The molecule has 0 atom stereocenters. The van der Waals surface area contributed by atoms with Gasteiger partial charge in [0.25, 0.3) is 0 Å². The topological polar surface area (TPSA) is 0 Å². The van der Waals surface area contributed by atoms with E-state index >= 15 is 0 Å². The number of allylic oxidation sites excluding steroid dienone is 2. The summed E-state index contributed by atoms with van der Waals surface area (Å²) in [6.45, 7) is 0. The molecule has 0 N–H and O–H groups in total. The lowest BCUT2D eigenvalue weighted by molar-refractivity contribution is 0.606. The van der Waals surface area contributed by atoms with Crippen LogP contribution in [0.1, 0.15) is 57.8 Å². The molecule has 0 fully saturated rings. The van der Waals surface area contributed by atoms with E-state index in [1.165, 1.54) is 57.8 Å². The first-order chi connectivity index (χ1) is 6.00. The summed E-state index contributed by atoms with van der Waals surface area (Å²) in [6, 6.07) is 0. The van der Waals surface area contributed by atoms with Gasteiger partial charge in [0.15, 0.2) is 0 Å².